The van der Waals surface area contributed by atoms with Crippen molar-refractivity contribution in [2.75, 3.05) is 11.9 Å². The molecule has 6 N–H and O–H groups in total. The number of amides is 2. The molecule has 1 saturated carbocycles. The summed E-state index contributed by atoms with van der Waals surface area (Å²) < 4.78 is 110. The van der Waals surface area contributed by atoms with Gasteiger partial charge in [-0.3, -0.25) is 9.59 Å². The van der Waals surface area contributed by atoms with E-state index in [4.69, 9.17) is 33.7 Å². The molecule has 49 heavy (non-hydrogen) atoms. The van der Waals surface area contributed by atoms with Gasteiger partial charge in [0.25, 0.3) is 12.3 Å². The van der Waals surface area contributed by atoms with E-state index >= 15 is 0 Å². The van der Waals surface area contributed by atoms with Crippen molar-refractivity contribution in [1.29, 1.82) is 0 Å². The molecule has 2 unspecified atom stereocenters. The van der Waals surface area contributed by atoms with Crippen molar-refractivity contribution in [3.05, 3.63) is 44.9 Å². The van der Waals surface area contributed by atoms with Crippen LogP contribution in [0, 0.1) is 5.92 Å². The highest BCUT2D eigenvalue weighted by molar-refractivity contribution is 6.40. The van der Waals surface area contributed by atoms with Crippen molar-refractivity contribution in [3.63, 3.8) is 0 Å². The number of nitrogens with two attached hydrogens (primary N) is 1. The maximum atomic E-state index is 13.2. The summed E-state index contributed by atoms with van der Waals surface area (Å²) in [6.07, 6.45) is -12.7. The number of pyridine rings is 1. The van der Waals surface area contributed by atoms with E-state index in [0.717, 1.165) is 0 Å². The average molecular weight is 749 g/mol. The summed E-state index contributed by atoms with van der Waals surface area (Å²) in [4.78, 5) is 33.9. The zero-order valence-corrected chi connectivity index (χ0v) is 26.9. The summed E-state index contributed by atoms with van der Waals surface area (Å²) >= 11 is 12.8. The highest BCUT2D eigenvalue weighted by Gasteiger charge is 2.56. The van der Waals surface area contributed by atoms with Gasteiger partial charge in [-0.1, -0.05) is 29.3 Å². The summed E-state index contributed by atoms with van der Waals surface area (Å²) in [6, 6.07) is 1.10. The van der Waals surface area contributed by atoms with Crippen molar-refractivity contribution in [3.8, 4) is 5.88 Å². The number of fused-ring (bicyclic) bond motifs is 1. The number of nitrogens with zero attached hydrogens (tertiary/aromatic N) is 2. The fourth-order valence-corrected chi connectivity index (χ4v) is 5.67. The molecule has 20 heteroatoms. The number of hydrogen-bond acceptors (Lipinski definition) is 8. The molecule has 1 aromatic heterocycles. The Hall–Kier alpha value is -3.48. The lowest BCUT2D eigenvalue weighted by Crippen LogP contribution is -2.62. The molecule has 4 rings (SSSR count). The topological polar surface area (TPSA) is 151 Å². The summed E-state index contributed by atoms with van der Waals surface area (Å²) in [5.74, 6) is -3.89. The minimum Gasteiger partial charge on any atom is -0.471 e. The first-order valence-corrected chi connectivity index (χ1v) is 15.4. The molecule has 1 aliphatic heterocycles. The van der Waals surface area contributed by atoms with Gasteiger partial charge in [0.1, 0.15) is 17.4 Å². The first kappa shape index (κ1) is 38.3. The molecule has 0 saturated heterocycles. The number of carbonyl (C=O) groups is 2. The molecular weight excluding hydrogens is 719 g/mol. The maximum Gasteiger partial charge on any atom is 0.418 e. The molecule has 2 amide bonds. The highest BCUT2D eigenvalue weighted by atomic mass is 35.5. The number of halogens is 10. The summed E-state index contributed by atoms with van der Waals surface area (Å²) in [5.41, 5.74) is 2.19. The lowest BCUT2D eigenvalue weighted by atomic mass is 9.85. The van der Waals surface area contributed by atoms with Gasteiger partial charge in [0.15, 0.2) is 18.0 Å². The number of ether oxygens (including phenoxy) is 1. The molecule has 2 aliphatic rings. The van der Waals surface area contributed by atoms with Gasteiger partial charge < -0.3 is 31.5 Å². The quantitative estimate of drug-likeness (QED) is 0.192. The monoisotopic (exact) mass is 748 g/mol. The van der Waals surface area contributed by atoms with Crippen LogP contribution >= 0.6 is 23.2 Å². The number of alkyl halides is 8. The number of rotatable bonds is 10. The molecule has 1 fully saturated rings. The predicted octanol–water partition coefficient (Wildman–Crippen LogP) is 5.84. The van der Waals surface area contributed by atoms with Crippen LogP contribution in [-0.4, -0.2) is 70.8 Å². The van der Waals surface area contributed by atoms with Crippen molar-refractivity contribution in [2.45, 2.75) is 82.0 Å². The third-order valence-electron chi connectivity index (χ3n) is 8.11. The standard InChI is InChI=1S/C29H30Cl2F8N6O4/c1-27(48,29(37,38)39)22(40)25(47)41-10-12-2-7-17(30)21(20(12)31)43-19-9-13-8-16(26(45-23(13)44-19)49-11-18(32)33)24(46)42-15-5-3-14(4-6-15)28(34,35)36/h2,7-8,14-15,18,22,48H,3-6,9-11,40H2,1H3,(H,41,47)(H,42,46)(H,43,44,45). The summed E-state index contributed by atoms with van der Waals surface area (Å²) in [6.45, 7) is -1.16. The van der Waals surface area contributed by atoms with Crippen LogP contribution in [0.5, 0.6) is 5.88 Å². The zero-order chi connectivity index (χ0) is 36.5. The number of nitrogens with one attached hydrogen (secondary N) is 3. The van der Waals surface area contributed by atoms with Gasteiger partial charge in [0.2, 0.25) is 11.8 Å². The molecule has 2 atom stereocenters. The van der Waals surface area contributed by atoms with Gasteiger partial charge in [0.05, 0.1) is 21.7 Å². The first-order chi connectivity index (χ1) is 22.7. The van der Waals surface area contributed by atoms with Gasteiger partial charge in [-0.15, -0.1) is 0 Å². The second kappa shape index (κ2) is 14.8. The molecular formula is C29H30Cl2F8N6O4. The molecule has 2 heterocycles. The number of carbonyl (C=O) groups excluding carboxylic acids is 2. The van der Waals surface area contributed by atoms with E-state index in [2.05, 4.69) is 25.9 Å². The SMILES string of the molecule is CC(O)(C(N)C(=O)NCc1ccc(Cl)c(NC2=Nc3nc(OCC(F)F)c(C(=O)NC4CCC(C(F)(F)F)CC4)cc3C2)c1Cl)C(F)(F)F. The maximum absolute atomic E-state index is 13.2. The molecule has 1 aliphatic carbocycles. The fraction of sp³-hybridized carbons (Fsp3) is 0.517. The van der Waals surface area contributed by atoms with Crippen LogP contribution in [0.15, 0.2) is 23.2 Å². The van der Waals surface area contributed by atoms with Gasteiger partial charge in [0, 0.05) is 24.6 Å². The van der Waals surface area contributed by atoms with E-state index in [1.165, 1.54) is 18.2 Å². The van der Waals surface area contributed by atoms with Crippen molar-refractivity contribution < 1.29 is 54.6 Å². The number of hydrogen-bond donors (Lipinski definition) is 5. The Morgan fingerprint density at radius 3 is 2.35 bits per heavy atom. The van der Waals surface area contributed by atoms with Crippen LogP contribution in [0.4, 0.5) is 46.6 Å². The van der Waals surface area contributed by atoms with E-state index in [-0.39, 0.29) is 70.6 Å². The Bertz CT molecular complexity index is 1600. The molecule has 270 valence electrons. The number of benzene rings is 1. The smallest absolute Gasteiger partial charge is 0.418 e. The number of aliphatic hydroxyl groups is 1. The lowest BCUT2D eigenvalue weighted by Gasteiger charge is -2.31. The lowest BCUT2D eigenvalue weighted by molar-refractivity contribution is -0.258. The normalized spacial score (nSPS) is 19.8. The Morgan fingerprint density at radius 2 is 1.76 bits per heavy atom. The number of amidine groups is 1. The van der Waals surface area contributed by atoms with E-state index in [0.29, 0.717) is 12.5 Å². The van der Waals surface area contributed by atoms with Crippen LogP contribution in [0.2, 0.25) is 10.0 Å². The minimum absolute atomic E-state index is 0.00429. The fourth-order valence-electron chi connectivity index (χ4n) is 5.13. The van der Waals surface area contributed by atoms with Crippen LogP contribution < -0.4 is 26.4 Å². The average Bonchev–Trinajstić information content (AvgIpc) is 3.41. The summed E-state index contributed by atoms with van der Waals surface area (Å²) in [5, 5.41) is 17.4. The van der Waals surface area contributed by atoms with Crippen molar-refractivity contribution in [2.24, 2.45) is 16.6 Å². The van der Waals surface area contributed by atoms with E-state index in [1.807, 2.05) is 0 Å². The van der Waals surface area contributed by atoms with Gasteiger partial charge in [-0.25, -0.2) is 13.8 Å². The van der Waals surface area contributed by atoms with Crippen LogP contribution in [-0.2, 0) is 17.8 Å². The first-order valence-electron chi connectivity index (χ1n) is 14.6. The Labute approximate surface area is 283 Å². The number of anilines is 1. The third kappa shape index (κ3) is 9.01. The van der Waals surface area contributed by atoms with Gasteiger partial charge in [-0.05, 0) is 50.3 Å². The highest BCUT2D eigenvalue weighted by Crippen LogP contribution is 2.39. The molecule has 10 nitrogen and oxygen atoms in total. The third-order valence-corrected chi connectivity index (χ3v) is 8.86. The summed E-state index contributed by atoms with van der Waals surface area (Å²) in [7, 11) is 0. The van der Waals surface area contributed by atoms with Crippen LogP contribution in [0.1, 0.15) is 54.1 Å². The minimum atomic E-state index is -5.19. The Morgan fingerprint density at radius 1 is 1.10 bits per heavy atom. The second-order valence-electron chi connectivity index (χ2n) is 11.7. The second-order valence-corrected chi connectivity index (χ2v) is 12.5. The number of aliphatic imine (C=N–C) groups is 1. The van der Waals surface area contributed by atoms with Gasteiger partial charge in [-0.2, -0.15) is 31.3 Å². The van der Waals surface area contributed by atoms with E-state index < -0.39 is 73.2 Å². The largest absolute Gasteiger partial charge is 0.471 e. The van der Waals surface area contributed by atoms with Crippen LogP contribution in [0.3, 0.4) is 0 Å². The van der Waals surface area contributed by atoms with E-state index in [9.17, 15) is 49.8 Å². The Balaban J connectivity index is 1.49. The molecule has 0 spiro atoms. The molecule has 1 aromatic carbocycles. The van der Waals surface area contributed by atoms with Gasteiger partial charge >= 0.3 is 12.4 Å². The molecule has 0 bridgehead atoms. The van der Waals surface area contributed by atoms with E-state index in [1.54, 1.807) is 0 Å². The predicted molar refractivity (Wildman–Crippen MR) is 162 cm³/mol. The Kier molecular flexibility index (Phi) is 11.6. The number of aromatic nitrogens is 1. The van der Waals surface area contributed by atoms with Crippen molar-refractivity contribution in [1.82, 2.24) is 15.6 Å². The van der Waals surface area contributed by atoms with Crippen molar-refractivity contribution >= 4 is 52.4 Å². The van der Waals surface area contributed by atoms with Crippen LogP contribution in [0.25, 0.3) is 0 Å². The zero-order valence-electron chi connectivity index (χ0n) is 25.4. The molecule has 0 radical (unpaired) electrons. The molecule has 2 aromatic rings.